The average molecular weight is 293 g/mol. The van der Waals surface area contributed by atoms with Crippen LogP contribution >= 0.6 is 0 Å². The highest BCUT2D eigenvalue weighted by Gasteiger charge is 2.24. The zero-order valence-corrected chi connectivity index (χ0v) is 13.5. The van der Waals surface area contributed by atoms with Crippen LogP contribution in [0.5, 0.6) is 0 Å². The SMILES string of the molecule is CCC(N)Cc1ccc(N2CCN(C)C(CC)C2)c(F)c1. The Morgan fingerprint density at radius 1 is 1.33 bits per heavy atom. The minimum Gasteiger partial charge on any atom is -0.366 e. The molecule has 2 rings (SSSR count). The minimum absolute atomic E-state index is 0.114. The molecule has 1 aliphatic rings. The van der Waals surface area contributed by atoms with Crippen molar-refractivity contribution in [2.24, 2.45) is 5.73 Å². The second-order valence-electron chi connectivity index (χ2n) is 6.15. The number of hydrogen-bond donors (Lipinski definition) is 1. The van der Waals surface area contributed by atoms with Gasteiger partial charge in [0.2, 0.25) is 0 Å². The van der Waals surface area contributed by atoms with Crippen molar-refractivity contribution < 1.29 is 4.39 Å². The highest BCUT2D eigenvalue weighted by molar-refractivity contribution is 5.50. The third-order valence-electron chi connectivity index (χ3n) is 4.62. The number of rotatable bonds is 5. The van der Waals surface area contributed by atoms with Crippen LogP contribution in [0.1, 0.15) is 32.3 Å². The maximum atomic E-state index is 14.4. The van der Waals surface area contributed by atoms with Crippen molar-refractivity contribution in [2.75, 3.05) is 31.6 Å². The molecule has 2 unspecified atom stereocenters. The molecular weight excluding hydrogens is 265 g/mol. The summed E-state index contributed by atoms with van der Waals surface area (Å²) in [5.41, 5.74) is 7.67. The maximum absolute atomic E-state index is 14.4. The molecule has 3 nitrogen and oxygen atoms in total. The Morgan fingerprint density at radius 2 is 2.10 bits per heavy atom. The van der Waals surface area contributed by atoms with Crippen LogP contribution in [0.15, 0.2) is 18.2 Å². The van der Waals surface area contributed by atoms with Crippen molar-refractivity contribution >= 4 is 5.69 Å². The summed E-state index contributed by atoms with van der Waals surface area (Å²) in [5.74, 6) is -0.116. The number of piperazine rings is 1. The predicted octanol–water partition coefficient (Wildman–Crippen LogP) is 2.64. The summed E-state index contributed by atoms with van der Waals surface area (Å²) in [6.45, 7) is 7.02. The molecule has 118 valence electrons. The molecule has 1 aromatic rings. The van der Waals surface area contributed by atoms with E-state index in [2.05, 4.69) is 30.7 Å². The van der Waals surface area contributed by atoms with E-state index in [0.717, 1.165) is 50.1 Å². The summed E-state index contributed by atoms with van der Waals surface area (Å²) in [7, 11) is 2.15. The Labute approximate surface area is 127 Å². The Kier molecular flexibility index (Phi) is 5.59. The molecule has 2 atom stereocenters. The van der Waals surface area contributed by atoms with E-state index in [1.165, 1.54) is 0 Å². The number of likely N-dealkylation sites (N-methyl/N-ethyl adjacent to an activating group) is 1. The largest absolute Gasteiger partial charge is 0.366 e. The van der Waals surface area contributed by atoms with E-state index in [0.29, 0.717) is 6.04 Å². The zero-order chi connectivity index (χ0) is 15.4. The quantitative estimate of drug-likeness (QED) is 0.906. The third kappa shape index (κ3) is 3.95. The fourth-order valence-corrected chi connectivity index (χ4v) is 2.99. The van der Waals surface area contributed by atoms with Gasteiger partial charge in [0.1, 0.15) is 5.82 Å². The van der Waals surface area contributed by atoms with E-state index in [9.17, 15) is 4.39 Å². The normalized spacial score (nSPS) is 21.6. The first-order valence-corrected chi connectivity index (χ1v) is 8.04. The smallest absolute Gasteiger partial charge is 0.146 e. The lowest BCUT2D eigenvalue weighted by Gasteiger charge is -2.40. The van der Waals surface area contributed by atoms with Crippen molar-refractivity contribution in [1.29, 1.82) is 0 Å². The second-order valence-corrected chi connectivity index (χ2v) is 6.15. The molecule has 1 saturated heterocycles. The van der Waals surface area contributed by atoms with E-state index in [1.54, 1.807) is 6.07 Å². The highest BCUT2D eigenvalue weighted by atomic mass is 19.1. The van der Waals surface area contributed by atoms with Gasteiger partial charge in [-0.2, -0.15) is 0 Å². The molecule has 0 radical (unpaired) electrons. The van der Waals surface area contributed by atoms with E-state index >= 15 is 0 Å². The number of halogens is 1. The van der Waals surface area contributed by atoms with Crippen molar-refractivity contribution in [3.8, 4) is 0 Å². The first-order valence-electron chi connectivity index (χ1n) is 8.04. The van der Waals surface area contributed by atoms with Gasteiger partial charge in [-0.3, -0.25) is 4.90 Å². The summed E-state index contributed by atoms with van der Waals surface area (Å²) < 4.78 is 14.4. The van der Waals surface area contributed by atoms with Gasteiger partial charge in [-0.1, -0.05) is 19.9 Å². The number of anilines is 1. The molecule has 1 aliphatic heterocycles. The van der Waals surface area contributed by atoms with Crippen molar-refractivity contribution in [2.45, 2.75) is 45.2 Å². The molecule has 1 aromatic carbocycles. The van der Waals surface area contributed by atoms with Gasteiger partial charge in [0.15, 0.2) is 0 Å². The van der Waals surface area contributed by atoms with Gasteiger partial charge in [-0.15, -0.1) is 0 Å². The first kappa shape index (κ1) is 16.2. The monoisotopic (exact) mass is 293 g/mol. The van der Waals surface area contributed by atoms with Gasteiger partial charge in [-0.25, -0.2) is 4.39 Å². The Bertz CT molecular complexity index is 463. The molecule has 2 N–H and O–H groups in total. The van der Waals surface area contributed by atoms with Crippen molar-refractivity contribution in [3.05, 3.63) is 29.6 Å². The Hall–Kier alpha value is -1.13. The number of nitrogens with two attached hydrogens (primary N) is 1. The lowest BCUT2D eigenvalue weighted by atomic mass is 10.0. The zero-order valence-electron chi connectivity index (χ0n) is 13.5. The van der Waals surface area contributed by atoms with Gasteiger partial charge >= 0.3 is 0 Å². The van der Waals surface area contributed by atoms with Crippen LogP contribution in [0.4, 0.5) is 10.1 Å². The predicted molar refractivity (Wildman–Crippen MR) is 87.3 cm³/mol. The van der Waals surface area contributed by atoms with Crippen LogP contribution < -0.4 is 10.6 Å². The highest BCUT2D eigenvalue weighted by Crippen LogP contribution is 2.24. The standard InChI is InChI=1S/C17H28FN3/c1-4-14(19)10-13-6-7-17(16(18)11-13)21-9-8-20(3)15(5-2)12-21/h6-7,11,14-15H,4-5,8-10,12,19H2,1-3H3. The van der Waals surface area contributed by atoms with Crippen LogP contribution in [0, 0.1) is 5.82 Å². The van der Waals surface area contributed by atoms with E-state index in [-0.39, 0.29) is 11.9 Å². The van der Waals surface area contributed by atoms with Gasteiger partial charge in [0, 0.05) is 31.7 Å². The first-order chi connectivity index (χ1) is 10.0. The molecule has 1 heterocycles. The number of nitrogens with zero attached hydrogens (tertiary/aromatic N) is 2. The molecule has 0 spiro atoms. The van der Waals surface area contributed by atoms with Crippen molar-refractivity contribution in [3.63, 3.8) is 0 Å². The number of benzene rings is 1. The molecule has 4 heteroatoms. The van der Waals surface area contributed by atoms with Crippen LogP contribution in [0.3, 0.4) is 0 Å². The van der Waals surface area contributed by atoms with Crippen LogP contribution in [-0.2, 0) is 6.42 Å². The topological polar surface area (TPSA) is 32.5 Å². The van der Waals surface area contributed by atoms with Crippen molar-refractivity contribution in [1.82, 2.24) is 4.90 Å². The Morgan fingerprint density at radius 3 is 2.71 bits per heavy atom. The fraction of sp³-hybridized carbons (Fsp3) is 0.647. The van der Waals surface area contributed by atoms with Crippen LogP contribution in [0.25, 0.3) is 0 Å². The average Bonchev–Trinajstić information content (AvgIpc) is 2.48. The lowest BCUT2D eigenvalue weighted by molar-refractivity contribution is 0.213. The van der Waals surface area contributed by atoms with E-state index in [4.69, 9.17) is 5.73 Å². The lowest BCUT2D eigenvalue weighted by Crippen LogP contribution is -2.51. The molecule has 0 aliphatic carbocycles. The summed E-state index contributed by atoms with van der Waals surface area (Å²) in [6.07, 6.45) is 2.76. The minimum atomic E-state index is -0.116. The molecule has 0 aromatic heterocycles. The Balaban J connectivity index is 2.10. The van der Waals surface area contributed by atoms with Crippen LogP contribution in [0.2, 0.25) is 0 Å². The maximum Gasteiger partial charge on any atom is 0.146 e. The number of hydrogen-bond acceptors (Lipinski definition) is 3. The van der Waals surface area contributed by atoms with Gasteiger partial charge < -0.3 is 10.6 Å². The van der Waals surface area contributed by atoms with E-state index in [1.807, 2.05) is 12.1 Å². The molecule has 1 fully saturated rings. The third-order valence-corrected chi connectivity index (χ3v) is 4.62. The summed E-state index contributed by atoms with van der Waals surface area (Å²) in [4.78, 5) is 4.54. The summed E-state index contributed by atoms with van der Waals surface area (Å²) in [5, 5.41) is 0. The summed E-state index contributed by atoms with van der Waals surface area (Å²) >= 11 is 0. The van der Waals surface area contributed by atoms with E-state index < -0.39 is 0 Å². The van der Waals surface area contributed by atoms with Gasteiger partial charge in [-0.05, 0) is 44.0 Å². The molecular formula is C17H28FN3. The molecule has 0 amide bonds. The molecule has 0 bridgehead atoms. The van der Waals surface area contributed by atoms with Gasteiger partial charge in [0.05, 0.1) is 5.69 Å². The molecule has 0 saturated carbocycles. The fourth-order valence-electron chi connectivity index (χ4n) is 2.99. The molecule has 21 heavy (non-hydrogen) atoms. The van der Waals surface area contributed by atoms with Crippen LogP contribution in [-0.4, -0.2) is 43.7 Å². The summed E-state index contributed by atoms with van der Waals surface area (Å²) in [6, 6.07) is 6.22. The van der Waals surface area contributed by atoms with Gasteiger partial charge in [0.25, 0.3) is 0 Å². The second kappa shape index (κ2) is 7.23.